The first-order valence-corrected chi connectivity index (χ1v) is 10.2. The van der Waals surface area contributed by atoms with Crippen molar-refractivity contribution in [3.8, 4) is 32.4 Å². The van der Waals surface area contributed by atoms with Gasteiger partial charge in [-0.25, -0.2) is 0 Å². The van der Waals surface area contributed by atoms with Crippen molar-refractivity contribution < 1.29 is 4.52 Å². The fourth-order valence-corrected chi connectivity index (χ4v) is 4.49. The Bertz CT molecular complexity index is 1320. The van der Waals surface area contributed by atoms with Crippen LogP contribution in [-0.2, 0) is 0 Å². The maximum Gasteiger partial charge on any atom is 0.143 e. The first-order valence-electron chi connectivity index (χ1n) is 9.33. The van der Waals surface area contributed by atoms with E-state index < -0.39 is 0 Å². The molecular weight excluding hydrogens is 380 g/mol. The molecule has 5 nitrogen and oxygen atoms in total. The number of pyridine rings is 1. The third kappa shape index (κ3) is 3.02. The van der Waals surface area contributed by atoms with E-state index in [4.69, 9.17) is 4.52 Å². The van der Waals surface area contributed by atoms with Gasteiger partial charge in [0.2, 0.25) is 0 Å². The Hall–Kier alpha value is -3.38. The van der Waals surface area contributed by atoms with Crippen LogP contribution < -0.4 is 0 Å². The topological polar surface area (TPSA) is 64.7 Å². The summed E-state index contributed by atoms with van der Waals surface area (Å²) in [6, 6.07) is 16.5. The lowest BCUT2D eigenvalue weighted by atomic mass is 10.0. The number of thiophene rings is 1. The zero-order chi connectivity index (χ0) is 20.0. The fourth-order valence-electron chi connectivity index (χ4n) is 3.51. The molecule has 0 radical (unpaired) electrons. The van der Waals surface area contributed by atoms with Crippen LogP contribution in [-0.4, -0.2) is 20.3 Å². The maximum atomic E-state index is 5.35. The Kier molecular flexibility index (Phi) is 4.21. The lowest BCUT2D eigenvalue weighted by Gasteiger charge is -2.08. The molecular formula is C23H18N4OS. The van der Waals surface area contributed by atoms with E-state index >= 15 is 0 Å². The highest BCUT2D eigenvalue weighted by molar-refractivity contribution is 7.18. The van der Waals surface area contributed by atoms with E-state index in [1.807, 2.05) is 39.1 Å². The molecule has 29 heavy (non-hydrogen) atoms. The molecule has 142 valence electrons. The highest BCUT2D eigenvalue weighted by atomic mass is 32.1. The Morgan fingerprint density at radius 1 is 0.793 bits per heavy atom. The van der Waals surface area contributed by atoms with Gasteiger partial charge in [-0.15, -0.1) is 21.5 Å². The molecule has 0 bridgehead atoms. The summed E-state index contributed by atoms with van der Waals surface area (Å²) < 4.78 is 5.35. The van der Waals surface area contributed by atoms with Gasteiger partial charge < -0.3 is 4.52 Å². The van der Waals surface area contributed by atoms with E-state index in [0.29, 0.717) is 0 Å². The molecule has 0 aliphatic rings. The molecule has 0 spiro atoms. The molecule has 4 heterocycles. The lowest BCUT2D eigenvalue weighted by Crippen LogP contribution is -1.95. The molecule has 6 heteroatoms. The van der Waals surface area contributed by atoms with Crippen LogP contribution >= 0.6 is 11.3 Å². The van der Waals surface area contributed by atoms with Gasteiger partial charge in [0, 0.05) is 17.0 Å². The summed E-state index contributed by atoms with van der Waals surface area (Å²) in [5.74, 6) is 0.749. The first-order chi connectivity index (χ1) is 14.1. The summed E-state index contributed by atoms with van der Waals surface area (Å²) in [5, 5.41) is 15.4. The molecule has 5 rings (SSSR count). The molecule has 0 aliphatic heterocycles. The van der Waals surface area contributed by atoms with E-state index in [1.54, 1.807) is 11.3 Å². The van der Waals surface area contributed by atoms with Gasteiger partial charge in [-0.2, -0.15) is 0 Å². The van der Waals surface area contributed by atoms with Crippen LogP contribution in [0.25, 0.3) is 43.2 Å². The Morgan fingerprint density at radius 3 is 2.21 bits per heavy atom. The molecule has 5 aromatic rings. The number of hydrogen-bond donors (Lipinski definition) is 0. The highest BCUT2D eigenvalue weighted by Crippen LogP contribution is 2.38. The van der Waals surface area contributed by atoms with Crippen LogP contribution in [0.5, 0.6) is 0 Å². The summed E-state index contributed by atoms with van der Waals surface area (Å²) in [5.41, 5.74) is 5.53. The molecule has 0 aliphatic carbocycles. The average Bonchev–Trinajstić information content (AvgIpc) is 3.35. The quantitative estimate of drug-likeness (QED) is 0.373. The maximum absolute atomic E-state index is 5.35. The second-order valence-corrected chi connectivity index (χ2v) is 8.11. The summed E-state index contributed by atoms with van der Waals surface area (Å²) >= 11 is 1.67. The number of aromatic nitrogens is 4. The minimum absolute atomic E-state index is 0.749. The van der Waals surface area contributed by atoms with Gasteiger partial charge in [-0.1, -0.05) is 35.5 Å². The predicted molar refractivity (Wildman–Crippen MR) is 116 cm³/mol. The van der Waals surface area contributed by atoms with Gasteiger partial charge >= 0.3 is 0 Å². The van der Waals surface area contributed by atoms with E-state index in [9.17, 15) is 0 Å². The monoisotopic (exact) mass is 398 g/mol. The van der Waals surface area contributed by atoms with Crippen molar-refractivity contribution in [2.75, 3.05) is 0 Å². The molecule has 0 fully saturated rings. The lowest BCUT2D eigenvalue weighted by molar-refractivity contribution is 0.393. The SMILES string of the molecule is Cc1ccc(-c2ccc(-c3nnc(-c4c(C)noc4C)c4ccccc34)s2)nc1. The first kappa shape index (κ1) is 17.7. The second kappa shape index (κ2) is 6.90. The van der Waals surface area contributed by atoms with Crippen LogP contribution in [0.1, 0.15) is 17.0 Å². The Balaban J connectivity index is 1.66. The van der Waals surface area contributed by atoms with Crippen molar-refractivity contribution in [2.45, 2.75) is 20.8 Å². The van der Waals surface area contributed by atoms with Crippen molar-refractivity contribution >= 4 is 22.1 Å². The largest absolute Gasteiger partial charge is 0.361 e. The third-order valence-electron chi connectivity index (χ3n) is 4.96. The van der Waals surface area contributed by atoms with E-state index in [-0.39, 0.29) is 0 Å². The zero-order valence-corrected chi connectivity index (χ0v) is 17.1. The highest BCUT2D eigenvalue weighted by Gasteiger charge is 2.19. The minimum atomic E-state index is 0.749. The number of fused-ring (bicyclic) bond motifs is 1. The van der Waals surface area contributed by atoms with Gasteiger partial charge in [0.25, 0.3) is 0 Å². The summed E-state index contributed by atoms with van der Waals surface area (Å²) in [6.45, 7) is 5.87. The normalized spacial score (nSPS) is 11.3. The van der Waals surface area contributed by atoms with Gasteiger partial charge in [0.05, 0.1) is 26.7 Å². The second-order valence-electron chi connectivity index (χ2n) is 7.03. The van der Waals surface area contributed by atoms with E-state index in [2.05, 4.69) is 56.7 Å². The zero-order valence-electron chi connectivity index (χ0n) is 16.3. The molecule has 0 unspecified atom stereocenters. The van der Waals surface area contributed by atoms with Gasteiger partial charge in [0.1, 0.15) is 17.1 Å². The number of rotatable bonds is 3. The van der Waals surface area contributed by atoms with Crippen LogP contribution in [0.3, 0.4) is 0 Å². The molecule has 4 aromatic heterocycles. The predicted octanol–water partition coefficient (Wildman–Crippen LogP) is 6.00. The van der Waals surface area contributed by atoms with Crippen molar-refractivity contribution in [3.05, 3.63) is 71.7 Å². The molecule has 0 saturated heterocycles. The van der Waals surface area contributed by atoms with Gasteiger partial charge in [-0.05, 0) is 44.5 Å². The number of hydrogen-bond acceptors (Lipinski definition) is 6. The fraction of sp³-hybridized carbons (Fsp3) is 0.130. The van der Waals surface area contributed by atoms with E-state index in [0.717, 1.165) is 60.2 Å². The summed E-state index contributed by atoms with van der Waals surface area (Å²) in [7, 11) is 0. The van der Waals surface area contributed by atoms with E-state index in [1.165, 1.54) is 0 Å². The molecule has 0 atom stereocenters. The van der Waals surface area contributed by atoms with Crippen LogP contribution in [0.4, 0.5) is 0 Å². The van der Waals surface area contributed by atoms with Crippen LogP contribution in [0, 0.1) is 20.8 Å². The number of benzene rings is 1. The Labute approximate surface area is 172 Å². The van der Waals surface area contributed by atoms with Crippen molar-refractivity contribution in [2.24, 2.45) is 0 Å². The smallest absolute Gasteiger partial charge is 0.143 e. The number of aryl methyl sites for hydroxylation is 3. The van der Waals surface area contributed by atoms with Gasteiger partial charge in [-0.3, -0.25) is 4.98 Å². The summed E-state index contributed by atoms with van der Waals surface area (Å²) in [4.78, 5) is 6.72. The Morgan fingerprint density at radius 2 is 1.52 bits per heavy atom. The molecule has 0 amide bonds. The van der Waals surface area contributed by atoms with Gasteiger partial charge in [0.15, 0.2) is 0 Å². The van der Waals surface area contributed by atoms with Crippen molar-refractivity contribution in [1.82, 2.24) is 20.3 Å². The van der Waals surface area contributed by atoms with Crippen molar-refractivity contribution in [3.63, 3.8) is 0 Å². The van der Waals surface area contributed by atoms with Crippen LogP contribution in [0.15, 0.2) is 59.3 Å². The summed E-state index contributed by atoms with van der Waals surface area (Å²) in [6.07, 6.45) is 1.89. The third-order valence-corrected chi connectivity index (χ3v) is 6.08. The average molecular weight is 398 g/mol. The molecule has 1 aromatic carbocycles. The number of nitrogens with zero attached hydrogens (tertiary/aromatic N) is 4. The van der Waals surface area contributed by atoms with Crippen molar-refractivity contribution in [1.29, 1.82) is 0 Å². The standard InChI is InChI=1S/C23H18N4OS/c1-13-8-9-18(24-12-13)19-10-11-20(29-19)22-16-6-4-5-7-17(16)23(26-25-22)21-14(2)27-28-15(21)3/h4-12H,1-3H3. The van der Waals surface area contributed by atoms with Crippen LogP contribution in [0.2, 0.25) is 0 Å². The molecule has 0 N–H and O–H groups in total. The minimum Gasteiger partial charge on any atom is -0.361 e. The molecule has 0 saturated carbocycles.